The zero-order valence-electron chi connectivity index (χ0n) is 12.1. The molecule has 0 aliphatic heterocycles. The topological polar surface area (TPSA) is 80.5 Å². The molecular weight excluding hydrogens is 305 g/mol. The van der Waals surface area contributed by atoms with E-state index in [4.69, 9.17) is 4.42 Å². The second-order valence-electron chi connectivity index (χ2n) is 4.77. The predicted molar refractivity (Wildman–Crippen MR) is 78.9 cm³/mol. The number of H-pyrrole nitrogens is 1. The number of hydrogen-bond acceptors (Lipinski definition) is 6. The first-order valence-corrected chi connectivity index (χ1v) is 7.61. The number of thioether (sulfide) groups is 1. The van der Waals surface area contributed by atoms with E-state index in [2.05, 4.69) is 25.4 Å². The fourth-order valence-corrected chi connectivity index (χ4v) is 2.65. The Morgan fingerprint density at radius 1 is 1.32 bits per heavy atom. The maximum atomic E-state index is 13.6. The first kappa shape index (κ1) is 14.7. The number of aromatic amines is 1. The molecule has 0 bridgehead atoms. The normalized spacial score (nSPS) is 12.5. The first-order valence-electron chi connectivity index (χ1n) is 6.73. The third kappa shape index (κ3) is 3.33. The molecule has 6 nitrogen and oxygen atoms in total. The summed E-state index contributed by atoms with van der Waals surface area (Å²) < 4.78 is 19.2. The number of benzene rings is 1. The molecule has 1 aromatic carbocycles. The summed E-state index contributed by atoms with van der Waals surface area (Å²) in [5.74, 6) is 1.54. The van der Waals surface area contributed by atoms with E-state index in [0.29, 0.717) is 22.5 Å². The Hall–Kier alpha value is -2.22. The summed E-state index contributed by atoms with van der Waals surface area (Å²) in [7, 11) is 0. The number of hydrogen-bond donors (Lipinski definition) is 1. The number of halogens is 1. The minimum Gasteiger partial charge on any atom is -0.416 e. The quantitative estimate of drug-likeness (QED) is 0.728. The van der Waals surface area contributed by atoms with Crippen LogP contribution in [0, 0.1) is 12.7 Å². The van der Waals surface area contributed by atoms with Gasteiger partial charge < -0.3 is 4.42 Å². The maximum absolute atomic E-state index is 13.6. The summed E-state index contributed by atoms with van der Waals surface area (Å²) in [5, 5.41) is 15.2. The number of aromatic nitrogens is 5. The fourth-order valence-electron chi connectivity index (χ4n) is 1.91. The zero-order chi connectivity index (χ0) is 15.5. The molecule has 2 aromatic heterocycles. The molecule has 0 spiro atoms. The van der Waals surface area contributed by atoms with Gasteiger partial charge in [0, 0.05) is 0 Å². The third-order valence-corrected chi connectivity index (χ3v) is 3.93. The SMILES string of the molecule is Cc1nc(C(C)Sc2nnc(Cc3ccccc3F)o2)n[nH]1. The summed E-state index contributed by atoms with van der Waals surface area (Å²) in [5.41, 5.74) is 0.528. The highest BCUT2D eigenvalue weighted by atomic mass is 32.2. The van der Waals surface area contributed by atoms with Crippen molar-refractivity contribution >= 4 is 11.8 Å². The Balaban J connectivity index is 1.67. The Bertz CT molecular complexity index is 772. The number of rotatable bonds is 5. The Kier molecular flexibility index (Phi) is 4.19. The van der Waals surface area contributed by atoms with Gasteiger partial charge in [-0.15, -0.1) is 10.2 Å². The van der Waals surface area contributed by atoms with Crippen LogP contribution in [-0.4, -0.2) is 25.4 Å². The van der Waals surface area contributed by atoms with Gasteiger partial charge in [0.2, 0.25) is 5.89 Å². The summed E-state index contributed by atoms with van der Waals surface area (Å²) in [4.78, 5) is 4.27. The number of nitrogens with zero attached hydrogens (tertiary/aromatic N) is 4. The van der Waals surface area contributed by atoms with E-state index in [9.17, 15) is 4.39 Å². The molecule has 0 radical (unpaired) electrons. The number of nitrogens with one attached hydrogen (secondary N) is 1. The lowest BCUT2D eigenvalue weighted by molar-refractivity contribution is 0.417. The van der Waals surface area contributed by atoms with E-state index in [0.717, 1.165) is 5.82 Å². The highest BCUT2D eigenvalue weighted by Crippen LogP contribution is 2.32. The molecule has 1 unspecified atom stereocenters. The minimum atomic E-state index is -0.278. The van der Waals surface area contributed by atoms with Crippen LogP contribution in [-0.2, 0) is 6.42 Å². The van der Waals surface area contributed by atoms with Crippen molar-refractivity contribution in [1.82, 2.24) is 25.4 Å². The molecular formula is C14H14FN5OS. The van der Waals surface area contributed by atoms with Gasteiger partial charge in [-0.25, -0.2) is 9.37 Å². The molecule has 0 fully saturated rings. The van der Waals surface area contributed by atoms with Crippen molar-refractivity contribution in [1.29, 1.82) is 0 Å². The van der Waals surface area contributed by atoms with Crippen molar-refractivity contribution in [2.45, 2.75) is 30.7 Å². The molecule has 0 saturated heterocycles. The fraction of sp³-hybridized carbons (Fsp3) is 0.286. The van der Waals surface area contributed by atoms with Crippen molar-refractivity contribution in [3.8, 4) is 0 Å². The molecule has 22 heavy (non-hydrogen) atoms. The van der Waals surface area contributed by atoms with Gasteiger partial charge in [0.1, 0.15) is 11.6 Å². The van der Waals surface area contributed by atoms with Crippen molar-refractivity contribution in [2.75, 3.05) is 0 Å². The molecule has 0 aliphatic rings. The molecule has 2 heterocycles. The van der Waals surface area contributed by atoms with Crippen LogP contribution in [0.1, 0.15) is 35.3 Å². The van der Waals surface area contributed by atoms with Gasteiger partial charge in [0.05, 0.1) is 11.7 Å². The van der Waals surface area contributed by atoms with Gasteiger partial charge in [-0.2, -0.15) is 5.10 Å². The van der Waals surface area contributed by atoms with Gasteiger partial charge >= 0.3 is 0 Å². The van der Waals surface area contributed by atoms with Gasteiger partial charge in [-0.3, -0.25) is 5.10 Å². The van der Waals surface area contributed by atoms with Crippen molar-refractivity contribution < 1.29 is 8.81 Å². The van der Waals surface area contributed by atoms with E-state index < -0.39 is 0 Å². The standard InChI is InChI=1S/C14H14FN5OS/c1-8(13-16-9(2)17-19-13)22-14-20-18-12(21-14)7-10-5-3-4-6-11(10)15/h3-6,8H,7H2,1-2H3,(H,16,17,19). The maximum Gasteiger partial charge on any atom is 0.277 e. The van der Waals surface area contributed by atoms with Crippen LogP contribution >= 0.6 is 11.8 Å². The van der Waals surface area contributed by atoms with Crippen LogP contribution in [0.2, 0.25) is 0 Å². The molecule has 114 valence electrons. The summed E-state index contributed by atoms with van der Waals surface area (Å²) in [6, 6.07) is 6.53. The molecule has 1 atom stereocenters. The van der Waals surface area contributed by atoms with E-state index in [1.807, 2.05) is 13.8 Å². The van der Waals surface area contributed by atoms with Gasteiger partial charge in [0.15, 0.2) is 5.82 Å². The third-order valence-electron chi connectivity index (χ3n) is 3.00. The van der Waals surface area contributed by atoms with Crippen molar-refractivity contribution in [3.63, 3.8) is 0 Å². The average molecular weight is 319 g/mol. The number of aryl methyl sites for hydroxylation is 1. The van der Waals surface area contributed by atoms with Crippen molar-refractivity contribution in [2.24, 2.45) is 0 Å². The van der Waals surface area contributed by atoms with Crippen LogP contribution in [0.3, 0.4) is 0 Å². The molecule has 0 aliphatic carbocycles. The van der Waals surface area contributed by atoms with E-state index >= 15 is 0 Å². The van der Waals surface area contributed by atoms with Crippen LogP contribution in [0.4, 0.5) is 4.39 Å². The van der Waals surface area contributed by atoms with E-state index in [-0.39, 0.29) is 17.5 Å². The highest BCUT2D eigenvalue weighted by molar-refractivity contribution is 7.99. The first-order chi connectivity index (χ1) is 10.6. The zero-order valence-corrected chi connectivity index (χ0v) is 12.9. The molecule has 0 saturated carbocycles. The van der Waals surface area contributed by atoms with Crippen LogP contribution in [0.15, 0.2) is 33.9 Å². The van der Waals surface area contributed by atoms with Crippen molar-refractivity contribution in [3.05, 3.63) is 53.2 Å². The lowest BCUT2D eigenvalue weighted by Crippen LogP contribution is -1.92. The van der Waals surface area contributed by atoms with Gasteiger partial charge in [-0.05, 0) is 25.5 Å². The molecule has 8 heteroatoms. The molecule has 0 amide bonds. The van der Waals surface area contributed by atoms with E-state index in [1.54, 1.807) is 18.2 Å². The average Bonchev–Trinajstić information content (AvgIpc) is 3.11. The second kappa shape index (κ2) is 6.27. The second-order valence-corrected chi connectivity index (χ2v) is 6.06. The molecule has 1 N–H and O–H groups in total. The summed E-state index contributed by atoms with van der Waals surface area (Å²) in [6.07, 6.45) is 0.272. The van der Waals surface area contributed by atoms with Crippen LogP contribution < -0.4 is 0 Å². The monoisotopic (exact) mass is 319 g/mol. The van der Waals surface area contributed by atoms with Gasteiger partial charge in [-0.1, -0.05) is 30.0 Å². The lowest BCUT2D eigenvalue weighted by atomic mass is 10.1. The van der Waals surface area contributed by atoms with Crippen LogP contribution in [0.25, 0.3) is 0 Å². The lowest BCUT2D eigenvalue weighted by Gasteiger charge is -2.02. The smallest absolute Gasteiger partial charge is 0.277 e. The molecule has 3 rings (SSSR count). The van der Waals surface area contributed by atoms with Gasteiger partial charge in [0.25, 0.3) is 5.22 Å². The Labute approximate surface area is 130 Å². The minimum absolute atomic E-state index is 0.0216. The Morgan fingerprint density at radius 3 is 2.86 bits per heavy atom. The molecule has 3 aromatic rings. The Morgan fingerprint density at radius 2 is 2.14 bits per heavy atom. The largest absolute Gasteiger partial charge is 0.416 e. The predicted octanol–water partition coefficient (Wildman–Crippen LogP) is 3.08. The summed E-state index contributed by atoms with van der Waals surface area (Å²) >= 11 is 1.37. The highest BCUT2D eigenvalue weighted by Gasteiger charge is 2.17. The van der Waals surface area contributed by atoms with E-state index in [1.165, 1.54) is 17.8 Å². The van der Waals surface area contributed by atoms with Crippen LogP contribution in [0.5, 0.6) is 0 Å². The summed E-state index contributed by atoms with van der Waals surface area (Å²) in [6.45, 7) is 3.79.